The average Bonchev–Trinajstić information content (AvgIpc) is 2.64. The molecule has 0 aliphatic carbocycles. The van der Waals surface area contributed by atoms with Crippen LogP contribution in [0.1, 0.15) is 28.9 Å². The topological polar surface area (TPSA) is 76.1 Å². The van der Waals surface area contributed by atoms with Crippen molar-refractivity contribution >= 4 is 23.0 Å². The van der Waals surface area contributed by atoms with Gasteiger partial charge in [-0.05, 0) is 24.3 Å². The summed E-state index contributed by atoms with van der Waals surface area (Å²) in [4.78, 5) is 11.9. The van der Waals surface area contributed by atoms with Crippen LogP contribution in [0.4, 0.5) is 5.69 Å². The molecule has 0 amide bonds. The lowest BCUT2D eigenvalue weighted by Crippen LogP contribution is -2.06. The number of nitriles is 1. The molecule has 80 valence electrons. The van der Waals surface area contributed by atoms with Crippen molar-refractivity contribution in [1.82, 2.24) is 0 Å². The summed E-state index contributed by atoms with van der Waals surface area (Å²) in [5, 5.41) is 10.0. The molecule has 0 unspecified atom stereocenters. The molecule has 0 aliphatic rings. The number of unbranched alkanes of at least 4 members (excludes halogenated alkanes) is 2. The highest BCUT2D eigenvalue weighted by Gasteiger charge is 2.11. The maximum absolute atomic E-state index is 11.4. The van der Waals surface area contributed by atoms with Crippen LogP contribution in [0.3, 0.4) is 0 Å². The van der Waals surface area contributed by atoms with Gasteiger partial charge in [0.2, 0.25) is 0 Å². The molecule has 0 bridgehead atoms. The van der Waals surface area contributed by atoms with Crippen molar-refractivity contribution in [3.05, 3.63) is 16.3 Å². The van der Waals surface area contributed by atoms with E-state index >= 15 is 0 Å². The molecule has 0 radical (unpaired) electrons. The first-order chi connectivity index (χ1) is 7.25. The number of nitrogens with two attached hydrogens (primary N) is 1. The minimum absolute atomic E-state index is 0.345. The second kappa shape index (κ2) is 6.04. The van der Waals surface area contributed by atoms with E-state index in [-0.39, 0.29) is 5.97 Å². The smallest absolute Gasteiger partial charge is 0.350 e. The van der Waals surface area contributed by atoms with Gasteiger partial charge >= 0.3 is 5.97 Å². The highest BCUT2D eigenvalue weighted by atomic mass is 32.1. The summed E-state index contributed by atoms with van der Waals surface area (Å²) in [5.41, 5.74) is 6.02. The van der Waals surface area contributed by atoms with Crippen molar-refractivity contribution in [2.45, 2.75) is 19.3 Å². The number of hydrogen-bond acceptors (Lipinski definition) is 5. The van der Waals surface area contributed by atoms with Crippen LogP contribution < -0.4 is 5.73 Å². The molecule has 4 nitrogen and oxygen atoms in total. The molecule has 1 aromatic rings. The number of carbonyl (C=O) groups is 1. The number of ether oxygens (including phenoxy) is 1. The fraction of sp³-hybridized carbons (Fsp3) is 0.400. The molecule has 0 spiro atoms. The summed E-state index contributed by atoms with van der Waals surface area (Å²) in [7, 11) is 0. The lowest BCUT2D eigenvalue weighted by atomic mass is 10.3. The van der Waals surface area contributed by atoms with Gasteiger partial charge in [-0.2, -0.15) is 5.26 Å². The Balaban J connectivity index is 2.26. The van der Waals surface area contributed by atoms with Crippen LogP contribution in [0.25, 0.3) is 0 Å². The Morgan fingerprint density at radius 3 is 3.00 bits per heavy atom. The van der Waals surface area contributed by atoms with Crippen LogP contribution in [-0.2, 0) is 4.74 Å². The lowest BCUT2D eigenvalue weighted by Gasteiger charge is -2.02. The van der Waals surface area contributed by atoms with Gasteiger partial charge in [0, 0.05) is 6.42 Å². The molecule has 0 aliphatic heterocycles. The van der Waals surface area contributed by atoms with Gasteiger partial charge in [-0.15, -0.1) is 11.3 Å². The Kier molecular flexibility index (Phi) is 4.64. The number of anilines is 1. The second-order valence-corrected chi connectivity index (χ2v) is 3.87. The van der Waals surface area contributed by atoms with E-state index in [0.29, 0.717) is 30.0 Å². The number of nitrogens with zero attached hydrogens (tertiary/aromatic N) is 1. The first kappa shape index (κ1) is 11.5. The molecule has 1 heterocycles. The van der Waals surface area contributed by atoms with Gasteiger partial charge < -0.3 is 10.5 Å². The highest BCUT2D eigenvalue weighted by molar-refractivity contribution is 7.12. The minimum Gasteiger partial charge on any atom is -0.461 e. The largest absolute Gasteiger partial charge is 0.461 e. The first-order valence-electron chi connectivity index (χ1n) is 4.62. The third kappa shape index (κ3) is 3.60. The summed E-state index contributed by atoms with van der Waals surface area (Å²) < 4.78 is 5.00. The maximum atomic E-state index is 11.4. The molecule has 0 saturated heterocycles. The van der Waals surface area contributed by atoms with Gasteiger partial charge in [0.15, 0.2) is 0 Å². The Morgan fingerprint density at radius 2 is 2.40 bits per heavy atom. The maximum Gasteiger partial charge on any atom is 0.350 e. The van der Waals surface area contributed by atoms with E-state index in [1.54, 1.807) is 11.4 Å². The van der Waals surface area contributed by atoms with Crippen molar-refractivity contribution in [2.75, 3.05) is 12.3 Å². The summed E-state index contributed by atoms with van der Waals surface area (Å²) in [6, 6.07) is 3.71. The van der Waals surface area contributed by atoms with E-state index in [0.717, 1.165) is 6.42 Å². The van der Waals surface area contributed by atoms with E-state index < -0.39 is 0 Å². The van der Waals surface area contributed by atoms with E-state index in [4.69, 9.17) is 15.7 Å². The fourth-order valence-electron chi connectivity index (χ4n) is 1.02. The zero-order valence-electron chi connectivity index (χ0n) is 8.23. The quantitative estimate of drug-likeness (QED) is 0.614. The number of hydrogen-bond donors (Lipinski definition) is 1. The highest BCUT2D eigenvalue weighted by Crippen LogP contribution is 2.19. The van der Waals surface area contributed by atoms with Crippen LogP contribution in [0, 0.1) is 11.3 Å². The SMILES string of the molecule is N#CCCCCOC(=O)c1sccc1N. The summed E-state index contributed by atoms with van der Waals surface area (Å²) in [5.74, 6) is -0.376. The van der Waals surface area contributed by atoms with Crippen molar-refractivity contribution in [3.8, 4) is 6.07 Å². The second-order valence-electron chi connectivity index (χ2n) is 2.96. The molecular weight excluding hydrogens is 212 g/mol. The summed E-state index contributed by atoms with van der Waals surface area (Å²) >= 11 is 1.27. The molecule has 15 heavy (non-hydrogen) atoms. The Labute approximate surface area is 92.3 Å². The molecular formula is C10H12N2O2S. The van der Waals surface area contributed by atoms with Crippen LogP contribution >= 0.6 is 11.3 Å². The molecule has 0 aromatic carbocycles. The van der Waals surface area contributed by atoms with Gasteiger partial charge in [0.1, 0.15) is 4.88 Å². The zero-order valence-corrected chi connectivity index (χ0v) is 9.05. The van der Waals surface area contributed by atoms with Crippen LogP contribution in [0.15, 0.2) is 11.4 Å². The molecule has 0 atom stereocenters. The molecule has 2 N–H and O–H groups in total. The van der Waals surface area contributed by atoms with Crippen LogP contribution in [0.5, 0.6) is 0 Å². The van der Waals surface area contributed by atoms with Gasteiger partial charge in [0.25, 0.3) is 0 Å². The van der Waals surface area contributed by atoms with E-state index in [2.05, 4.69) is 0 Å². The number of thiophene rings is 1. The number of rotatable bonds is 5. The van der Waals surface area contributed by atoms with E-state index in [9.17, 15) is 4.79 Å². The number of carbonyl (C=O) groups excluding carboxylic acids is 1. The lowest BCUT2D eigenvalue weighted by molar-refractivity contribution is 0.0505. The first-order valence-corrected chi connectivity index (χ1v) is 5.50. The normalized spacial score (nSPS) is 9.53. The molecule has 0 fully saturated rings. The minimum atomic E-state index is -0.376. The number of nitrogen functional groups attached to an aromatic ring is 1. The average molecular weight is 224 g/mol. The third-order valence-electron chi connectivity index (χ3n) is 1.80. The number of esters is 1. The van der Waals surface area contributed by atoms with Crippen molar-refractivity contribution in [3.63, 3.8) is 0 Å². The van der Waals surface area contributed by atoms with Gasteiger partial charge in [0.05, 0.1) is 18.4 Å². The van der Waals surface area contributed by atoms with E-state index in [1.165, 1.54) is 11.3 Å². The third-order valence-corrected chi connectivity index (χ3v) is 2.71. The predicted octanol–water partition coefficient (Wildman–Crippen LogP) is 2.18. The van der Waals surface area contributed by atoms with Crippen molar-refractivity contribution in [2.24, 2.45) is 0 Å². The van der Waals surface area contributed by atoms with Gasteiger partial charge in [-0.1, -0.05) is 0 Å². The zero-order chi connectivity index (χ0) is 11.1. The standard InChI is InChI=1S/C10H12N2O2S/c11-5-2-1-3-6-14-10(13)9-8(12)4-7-15-9/h4,7H,1-3,6,12H2. The molecule has 0 saturated carbocycles. The molecule has 1 rings (SSSR count). The predicted molar refractivity (Wildman–Crippen MR) is 58.5 cm³/mol. The van der Waals surface area contributed by atoms with Crippen molar-refractivity contribution in [1.29, 1.82) is 5.26 Å². The van der Waals surface area contributed by atoms with Crippen LogP contribution in [-0.4, -0.2) is 12.6 Å². The van der Waals surface area contributed by atoms with Crippen molar-refractivity contribution < 1.29 is 9.53 Å². The fourth-order valence-corrected chi connectivity index (χ4v) is 1.73. The molecule has 1 aromatic heterocycles. The summed E-state index contributed by atoms with van der Waals surface area (Å²) in [6.07, 6.45) is 1.97. The Morgan fingerprint density at radius 1 is 1.60 bits per heavy atom. The molecule has 5 heteroatoms. The Bertz CT molecular complexity index is 368. The Hall–Kier alpha value is -1.54. The van der Waals surface area contributed by atoms with Crippen LogP contribution in [0.2, 0.25) is 0 Å². The monoisotopic (exact) mass is 224 g/mol. The summed E-state index contributed by atoms with van der Waals surface area (Å²) in [6.45, 7) is 0.345. The van der Waals surface area contributed by atoms with Gasteiger partial charge in [-0.25, -0.2) is 4.79 Å². The van der Waals surface area contributed by atoms with E-state index in [1.807, 2.05) is 6.07 Å². The van der Waals surface area contributed by atoms with Gasteiger partial charge in [-0.3, -0.25) is 0 Å².